The fourth-order valence-corrected chi connectivity index (χ4v) is 0.763. The van der Waals surface area contributed by atoms with Gasteiger partial charge in [0.05, 0.1) is 0 Å². The molecule has 0 unspecified atom stereocenters. The van der Waals surface area contributed by atoms with E-state index in [9.17, 15) is 4.79 Å². The van der Waals surface area contributed by atoms with Crippen molar-refractivity contribution in [3.8, 4) is 0 Å². The molecular weight excluding hydrogens is 228 g/mol. The van der Waals surface area contributed by atoms with Gasteiger partial charge in [0.25, 0.3) is 0 Å². The first-order valence-electron chi connectivity index (χ1n) is 3.75. The minimum absolute atomic E-state index is 0. The van der Waals surface area contributed by atoms with Gasteiger partial charge in [0, 0.05) is 0 Å². The molecule has 4 atom stereocenters. The summed E-state index contributed by atoms with van der Waals surface area (Å²) >= 11 is 1.03. The van der Waals surface area contributed by atoms with E-state index < -0.39 is 35.5 Å². The Labute approximate surface area is 159 Å². The average molecular weight is 242 g/mol. The molecule has 16 heavy (non-hydrogen) atoms. The van der Waals surface area contributed by atoms with E-state index in [1.807, 2.05) is 0 Å². The van der Waals surface area contributed by atoms with Gasteiger partial charge in [-0.05, 0) is 0 Å². The van der Waals surface area contributed by atoms with Crippen molar-refractivity contribution in [3.63, 3.8) is 0 Å². The number of hydrogen-bond acceptors (Lipinski definition) is 6. The molecule has 6 nitrogen and oxygen atoms in total. The number of rotatable bonds is 5. The van der Waals surface area contributed by atoms with Gasteiger partial charge < -0.3 is 0 Å². The second kappa shape index (κ2) is 14.1. The normalized spacial score (nSPS) is 16.7. The molecule has 0 aromatic carbocycles. The van der Waals surface area contributed by atoms with Crippen molar-refractivity contribution in [1.29, 1.82) is 0 Å². The Kier molecular flexibility index (Phi) is 23.8. The van der Waals surface area contributed by atoms with E-state index in [-0.39, 0.29) is 78.0 Å². The Hall–Kier alpha value is 2.66. The number of carbonyl (C=O) groups is 1. The fourth-order valence-electron chi connectivity index (χ4n) is 0.763. The topological polar surface area (TPSA) is 118 Å². The van der Waals surface area contributed by atoms with Crippen molar-refractivity contribution >= 4 is 100 Å². The van der Waals surface area contributed by atoms with Crippen molar-refractivity contribution in [2.24, 2.45) is 0 Å². The van der Waals surface area contributed by atoms with Gasteiger partial charge in [-0.1, -0.05) is 0 Å². The molecule has 0 heterocycles. The SMILES string of the molecule is [LiH].[Li][C](=O)[C@H](O)[C@@H](O)[C@H](O)[C@H](O)CO.[NaH].[NaH]. The second-order valence-electron chi connectivity index (χ2n) is 2.79. The van der Waals surface area contributed by atoms with Gasteiger partial charge in [0.2, 0.25) is 0 Å². The van der Waals surface area contributed by atoms with Gasteiger partial charge >= 0.3 is 161 Å². The fraction of sp³-hybridized carbons (Fsp3) is 0.833. The summed E-state index contributed by atoms with van der Waals surface area (Å²) in [4.78, 5) is 10.5. The molecular formula is C6H14Li2Na2O6. The van der Waals surface area contributed by atoms with Crippen LogP contribution in [0.5, 0.6) is 0 Å². The van der Waals surface area contributed by atoms with E-state index in [2.05, 4.69) is 0 Å². The molecule has 78 valence electrons. The first-order valence-corrected chi connectivity index (χ1v) is 3.75. The summed E-state index contributed by atoms with van der Waals surface area (Å²) < 4.78 is -0.725. The third-order valence-electron chi connectivity index (χ3n) is 1.67. The number of aliphatic hydroxyl groups excluding tert-OH is 5. The molecule has 10 heteroatoms. The van der Waals surface area contributed by atoms with Crippen LogP contribution in [0.3, 0.4) is 0 Å². The Bertz CT molecular complexity index is 186. The molecule has 0 amide bonds. The van der Waals surface area contributed by atoms with E-state index in [0.29, 0.717) is 0 Å². The van der Waals surface area contributed by atoms with Crippen LogP contribution >= 0.6 is 0 Å². The predicted octanol–water partition coefficient (Wildman–Crippen LogP) is -5.83. The van der Waals surface area contributed by atoms with Crippen molar-refractivity contribution < 1.29 is 30.3 Å². The molecule has 0 aliphatic carbocycles. The molecule has 0 saturated heterocycles. The monoisotopic (exact) mass is 242 g/mol. The Morgan fingerprint density at radius 2 is 1.44 bits per heavy atom. The molecule has 0 aliphatic rings. The molecule has 0 rings (SSSR count). The third kappa shape index (κ3) is 9.58. The molecule has 0 radical (unpaired) electrons. The van der Waals surface area contributed by atoms with Crippen LogP contribution in [0.1, 0.15) is 0 Å². The maximum atomic E-state index is 10.5. The van der Waals surface area contributed by atoms with E-state index in [4.69, 9.17) is 25.5 Å². The maximum absolute atomic E-state index is 10.5. The molecule has 0 aromatic rings. The summed E-state index contributed by atoms with van der Waals surface area (Å²) in [6.45, 7) is -0.761. The standard InChI is InChI=1S/C6H11O6.2Li.2Na.3H/c7-1-3(9)5(11)6(12)4(10)2-8;;;;;;;/h3-7,9-12H,1H2;;;;;;;/t3-,4+,5-,6-;;;;;;;/m1......./s1. The van der Waals surface area contributed by atoms with Crippen molar-refractivity contribution in [3.05, 3.63) is 0 Å². The van der Waals surface area contributed by atoms with Crippen LogP contribution in [-0.4, -0.2) is 157 Å². The molecule has 0 saturated carbocycles. The molecule has 0 spiro atoms. The Morgan fingerprint density at radius 3 is 1.69 bits per heavy atom. The molecule has 0 bridgehead atoms. The van der Waals surface area contributed by atoms with Crippen LogP contribution in [0, 0.1) is 0 Å². The van der Waals surface area contributed by atoms with Crippen LogP contribution in [0.2, 0.25) is 0 Å². The van der Waals surface area contributed by atoms with Crippen molar-refractivity contribution in [1.82, 2.24) is 0 Å². The van der Waals surface area contributed by atoms with Gasteiger partial charge in [0.15, 0.2) is 0 Å². The van der Waals surface area contributed by atoms with Crippen LogP contribution < -0.4 is 0 Å². The summed E-state index contributed by atoms with van der Waals surface area (Å²) in [6, 6.07) is 0. The number of hydrogen-bond donors (Lipinski definition) is 5. The predicted molar refractivity (Wildman–Crippen MR) is 63.3 cm³/mol. The second-order valence-corrected chi connectivity index (χ2v) is 2.79. The summed E-state index contributed by atoms with van der Waals surface area (Å²) in [7, 11) is 0. The summed E-state index contributed by atoms with van der Waals surface area (Å²) in [5.74, 6) is 0. The van der Waals surface area contributed by atoms with E-state index in [1.54, 1.807) is 0 Å². The van der Waals surface area contributed by atoms with Gasteiger partial charge in [-0.15, -0.1) is 0 Å². The van der Waals surface area contributed by atoms with E-state index in [0.717, 1.165) is 17.7 Å². The molecule has 0 aliphatic heterocycles. The van der Waals surface area contributed by atoms with Gasteiger partial charge in [-0.3, -0.25) is 0 Å². The zero-order valence-corrected chi connectivity index (χ0v) is 7.16. The first kappa shape index (κ1) is 27.1. The van der Waals surface area contributed by atoms with E-state index >= 15 is 0 Å². The number of carbonyl (C=O) groups excluding carboxylic acids is 1. The van der Waals surface area contributed by atoms with Crippen molar-refractivity contribution in [2.45, 2.75) is 24.4 Å². The summed E-state index contributed by atoms with van der Waals surface area (Å²) in [5.41, 5.74) is 0. The van der Waals surface area contributed by atoms with Gasteiger partial charge in [0.1, 0.15) is 0 Å². The van der Waals surface area contributed by atoms with Crippen LogP contribution in [0.15, 0.2) is 0 Å². The van der Waals surface area contributed by atoms with Crippen molar-refractivity contribution in [2.75, 3.05) is 6.61 Å². The van der Waals surface area contributed by atoms with Gasteiger partial charge in [-0.2, -0.15) is 0 Å². The van der Waals surface area contributed by atoms with Crippen LogP contribution in [0.25, 0.3) is 0 Å². The zero-order valence-electron chi connectivity index (χ0n) is 7.16. The molecule has 5 N–H and O–H groups in total. The Balaban J connectivity index is -0.000000240. The number of aliphatic hydroxyl groups is 5. The Morgan fingerprint density at radius 1 is 1.06 bits per heavy atom. The third-order valence-corrected chi connectivity index (χ3v) is 1.67. The first-order chi connectivity index (χ1) is 5.91. The summed E-state index contributed by atoms with van der Waals surface area (Å²) in [6.07, 6.45) is -6.87. The summed E-state index contributed by atoms with van der Waals surface area (Å²) in [5, 5.41) is 44.3. The molecule has 0 fully saturated rings. The van der Waals surface area contributed by atoms with Crippen LogP contribution in [-0.2, 0) is 4.79 Å². The zero-order chi connectivity index (χ0) is 10.6. The minimum atomic E-state index is -1.79. The quantitative estimate of drug-likeness (QED) is 0.306. The molecule has 0 aromatic heterocycles. The van der Waals surface area contributed by atoms with Gasteiger partial charge in [-0.25, -0.2) is 0 Å². The van der Waals surface area contributed by atoms with Crippen LogP contribution in [0.4, 0.5) is 0 Å². The average Bonchev–Trinajstić information content (AvgIpc) is 2.12. The van der Waals surface area contributed by atoms with E-state index in [1.165, 1.54) is 0 Å².